The molecule has 1 unspecified atom stereocenters. The Hall–Kier alpha value is -3.06. The van der Waals surface area contributed by atoms with Gasteiger partial charge < -0.3 is 19.3 Å². The zero-order valence-corrected chi connectivity index (χ0v) is 22.5. The average molecular weight is 494 g/mol. The van der Waals surface area contributed by atoms with Gasteiger partial charge in [-0.3, -0.25) is 9.69 Å². The highest BCUT2D eigenvalue weighted by atomic mass is 16.5. The normalized spacial score (nSPS) is 23.1. The molecule has 36 heavy (non-hydrogen) atoms. The van der Waals surface area contributed by atoms with Crippen molar-refractivity contribution in [1.82, 2.24) is 14.7 Å². The molecule has 1 saturated heterocycles. The van der Waals surface area contributed by atoms with Gasteiger partial charge >= 0.3 is 6.03 Å². The summed E-state index contributed by atoms with van der Waals surface area (Å²) in [6.45, 7) is 10.8. The van der Waals surface area contributed by atoms with E-state index in [0.29, 0.717) is 51.1 Å². The van der Waals surface area contributed by atoms with Crippen LogP contribution >= 0.6 is 0 Å². The van der Waals surface area contributed by atoms with Crippen molar-refractivity contribution in [3.63, 3.8) is 0 Å². The minimum atomic E-state index is -0.0830. The number of nitrogens with zero attached hydrogens (tertiary/aromatic N) is 3. The molecule has 0 aromatic heterocycles. The van der Waals surface area contributed by atoms with Gasteiger partial charge in [-0.1, -0.05) is 30.2 Å². The predicted molar refractivity (Wildman–Crippen MR) is 141 cm³/mol. The zero-order chi connectivity index (χ0) is 26.0. The lowest BCUT2D eigenvalue weighted by Gasteiger charge is -2.32. The molecule has 3 amide bonds. The zero-order valence-electron chi connectivity index (χ0n) is 22.5. The number of ether oxygens (including phenoxy) is 2. The third kappa shape index (κ3) is 5.21. The van der Waals surface area contributed by atoms with Crippen LogP contribution in [0.2, 0.25) is 0 Å². The second-order valence-electron chi connectivity index (χ2n) is 10.0. The molecule has 0 N–H and O–H groups in total. The van der Waals surface area contributed by atoms with Gasteiger partial charge in [-0.05, 0) is 50.1 Å². The Morgan fingerprint density at radius 3 is 2.44 bits per heavy atom. The van der Waals surface area contributed by atoms with E-state index in [2.05, 4.69) is 25.1 Å². The van der Waals surface area contributed by atoms with E-state index in [1.54, 1.807) is 14.2 Å². The van der Waals surface area contributed by atoms with E-state index in [0.717, 1.165) is 28.2 Å². The number of hydrogen-bond acceptors (Lipinski definition) is 4. The van der Waals surface area contributed by atoms with Crippen LogP contribution in [-0.4, -0.2) is 79.7 Å². The van der Waals surface area contributed by atoms with Crippen LogP contribution in [0.5, 0.6) is 0 Å². The van der Waals surface area contributed by atoms with E-state index in [1.807, 2.05) is 47.6 Å². The van der Waals surface area contributed by atoms with Crippen LogP contribution < -0.4 is 0 Å². The van der Waals surface area contributed by atoms with Gasteiger partial charge in [-0.25, -0.2) is 4.79 Å². The number of amides is 3. The van der Waals surface area contributed by atoms with Gasteiger partial charge in [0.2, 0.25) is 0 Å². The summed E-state index contributed by atoms with van der Waals surface area (Å²) in [7, 11) is 3.41. The standard InChI is InChI=1S/C29H39N3O4/c1-7-30-10-11-31(28(33)22-13-19(2)12-20(3)14-22)9-8-24-15-21(4)27-23(18-32(24)29(30)34)16-25(35-5)17-26(27)36-6/h12-16,21,26H,7-11,17-18H2,1-6H3/t21-,26?/m0/s1. The predicted octanol–water partition coefficient (Wildman–Crippen LogP) is 4.67. The average Bonchev–Trinajstić information content (AvgIpc) is 2.96. The topological polar surface area (TPSA) is 62.3 Å². The second kappa shape index (κ2) is 10.9. The quantitative estimate of drug-likeness (QED) is 0.612. The van der Waals surface area contributed by atoms with E-state index >= 15 is 0 Å². The third-order valence-corrected chi connectivity index (χ3v) is 7.51. The lowest BCUT2D eigenvalue weighted by atomic mass is 9.85. The van der Waals surface area contributed by atoms with Crippen LogP contribution in [0.25, 0.3) is 0 Å². The fourth-order valence-electron chi connectivity index (χ4n) is 5.71. The molecule has 194 valence electrons. The fourth-order valence-corrected chi connectivity index (χ4v) is 5.71. The van der Waals surface area contributed by atoms with Crippen molar-refractivity contribution < 1.29 is 19.1 Å². The van der Waals surface area contributed by atoms with Crippen LogP contribution in [0, 0.1) is 19.8 Å². The highest BCUT2D eigenvalue weighted by molar-refractivity contribution is 5.94. The van der Waals surface area contributed by atoms with Crippen LogP contribution in [0.15, 0.2) is 53.0 Å². The van der Waals surface area contributed by atoms with E-state index in [4.69, 9.17) is 9.47 Å². The summed E-state index contributed by atoms with van der Waals surface area (Å²) >= 11 is 0. The van der Waals surface area contributed by atoms with Gasteiger partial charge in [0.1, 0.15) is 0 Å². The summed E-state index contributed by atoms with van der Waals surface area (Å²) in [6, 6.07) is 5.96. The smallest absolute Gasteiger partial charge is 0.324 e. The number of carbonyl (C=O) groups excluding carboxylic acids is 2. The number of likely N-dealkylation sites (N-methyl/N-ethyl adjacent to an activating group) is 1. The maximum Gasteiger partial charge on any atom is 0.324 e. The van der Waals surface area contributed by atoms with Crippen LogP contribution in [0.3, 0.4) is 0 Å². The molecule has 1 aliphatic carbocycles. The summed E-state index contributed by atoms with van der Waals surface area (Å²) in [4.78, 5) is 33.0. The minimum absolute atomic E-state index is 0.0164. The first-order valence-corrected chi connectivity index (χ1v) is 12.9. The number of benzene rings is 1. The monoisotopic (exact) mass is 493 g/mol. The molecule has 2 heterocycles. The van der Waals surface area contributed by atoms with Crippen molar-refractivity contribution in [3.05, 3.63) is 69.6 Å². The maximum absolute atomic E-state index is 13.8. The van der Waals surface area contributed by atoms with Gasteiger partial charge in [0.15, 0.2) is 0 Å². The fraction of sp³-hybridized carbons (Fsp3) is 0.517. The molecule has 7 heteroatoms. The Morgan fingerprint density at radius 1 is 1.08 bits per heavy atom. The molecule has 0 bridgehead atoms. The first-order valence-electron chi connectivity index (χ1n) is 12.9. The lowest BCUT2D eigenvalue weighted by molar-refractivity contribution is 0.0746. The van der Waals surface area contributed by atoms with Gasteiger partial charge in [0.25, 0.3) is 5.91 Å². The molecule has 3 aliphatic rings. The molecule has 0 spiro atoms. The molecule has 0 radical (unpaired) electrons. The molecule has 1 fully saturated rings. The highest BCUT2D eigenvalue weighted by Crippen LogP contribution is 2.37. The molecule has 0 saturated carbocycles. The van der Waals surface area contributed by atoms with Gasteiger partial charge in [-0.15, -0.1) is 0 Å². The number of aryl methyl sites for hydroxylation is 2. The van der Waals surface area contributed by atoms with Crippen molar-refractivity contribution in [1.29, 1.82) is 0 Å². The Labute approximate surface area is 215 Å². The molecule has 7 nitrogen and oxygen atoms in total. The summed E-state index contributed by atoms with van der Waals surface area (Å²) in [6.07, 6.45) is 5.48. The summed E-state index contributed by atoms with van der Waals surface area (Å²) < 4.78 is 11.4. The Balaban J connectivity index is 1.68. The van der Waals surface area contributed by atoms with Gasteiger partial charge in [0, 0.05) is 63.3 Å². The number of methoxy groups -OCH3 is 2. The number of fused-ring (bicyclic) bond motifs is 1. The maximum atomic E-state index is 13.8. The van der Waals surface area contributed by atoms with Crippen molar-refractivity contribution in [2.45, 2.75) is 46.6 Å². The van der Waals surface area contributed by atoms with E-state index in [-0.39, 0.29) is 24.0 Å². The summed E-state index contributed by atoms with van der Waals surface area (Å²) in [5.74, 6) is 0.989. The lowest BCUT2D eigenvalue weighted by Crippen LogP contribution is -2.45. The highest BCUT2D eigenvalue weighted by Gasteiger charge is 2.35. The minimum Gasteiger partial charge on any atom is -0.501 e. The van der Waals surface area contributed by atoms with Crippen LogP contribution in [0.1, 0.15) is 48.2 Å². The Bertz CT molecular complexity index is 1100. The number of hydrogen-bond donors (Lipinski definition) is 0. The molecule has 1 aromatic rings. The number of allylic oxidation sites excluding steroid dienone is 1. The van der Waals surface area contributed by atoms with Crippen molar-refractivity contribution in [3.8, 4) is 0 Å². The number of rotatable bonds is 4. The second-order valence-corrected chi connectivity index (χ2v) is 10.0. The van der Waals surface area contributed by atoms with E-state index in [1.165, 1.54) is 5.57 Å². The molecular weight excluding hydrogens is 454 g/mol. The third-order valence-electron chi connectivity index (χ3n) is 7.51. The number of carbonyl (C=O) groups is 2. The van der Waals surface area contributed by atoms with Crippen molar-refractivity contribution in [2.75, 3.05) is 46.9 Å². The molecule has 2 atom stereocenters. The SMILES string of the molecule is CCN1CCN(C(=O)c2cc(C)cc(C)c2)CCC2=C[C@H](C)C3=C(C=C(OC)CC3OC)CN2C1=O. The van der Waals surface area contributed by atoms with Crippen LogP contribution in [0.4, 0.5) is 4.79 Å². The van der Waals surface area contributed by atoms with Crippen molar-refractivity contribution in [2.24, 2.45) is 5.92 Å². The van der Waals surface area contributed by atoms with E-state index < -0.39 is 0 Å². The summed E-state index contributed by atoms with van der Waals surface area (Å²) in [5.41, 5.74) is 6.10. The first-order chi connectivity index (χ1) is 17.2. The van der Waals surface area contributed by atoms with Crippen molar-refractivity contribution >= 4 is 11.9 Å². The Kier molecular flexibility index (Phi) is 7.88. The first kappa shape index (κ1) is 26.0. The Morgan fingerprint density at radius 2 is 1.81 bits per heavy atom. The molecule has 4 rings (SSSR count). The number of urea groups is 1. The summed E-state index contributed by atoms with van der Waals surface area (Å²) in [5, 5.41) is 0. The van der Waals surface area contributed by atoms with Gasteiger partial charge in [0.05, 0.1) is 25.5 Å². The van der Waals surface area contributed by atoms with Crippen LogP contribution in [-0.2, 0) is 9.47 Å². The molecule has 2 aliphatic heterocycles. The molecular formula is C29H39N3O4. The van der Waals surface area contributed by atoms with Gasteiger partial charge in [-0.2, -0.15) is 0 Å². The van der Waals surface area contributed by atoms with E-state index in [9.17, 15) is 9.59 Å². The molecule has 1 aromatic carbocycles. The largest absolute Gasteiger partial charge is 0.501 e.